The van der Waals surface area contributed by atoms with E-state index in [1.165, 1.54) is 22.7 Å². The number of carbonyl (C=O) groups excluding carboxylic acids is 2. The van der Waals surface area contributed by atoms with Crippen LogP contribution in [-0.2, 0) is 11.2 Å². The Morgan fingerprint density at radius 1 is 0.966 bits per heavy atom. The number of hydrazine groups is 1. The van der Waals surface area contributed by atoms with Crippen molar-refractivity contribution in [1.29, 1.82) is 0 Å². The van der Waals surface area contributed by atoms with Crippen molar-refractivity contribution in [2.75, 3.05) is 0 Å². The molecule has 3 aromatic heterocycles. The van der Waals surface area contributed by atoms with Crippen molar-refractivity contribution in [2.24, 2.45) is 0 Å². The molecule has 3 heterocycles. The van der Waals surface area contributed by atoms with Crippen LogP contribution in [0.2, 0.25) is 0 Å². The lowest BCUT2D eigenvalue weighted by Gasteiger charge is -2.05. The van der Waals surface area contributed by atoms with Crippen LogP contribution in [0.25, 0.3) is 20.5 Å². The zero-order valence-corrected chi connectivity index (χ0v) is 17.8. The highest BCUT2D eigenvalue weighted by Crippen LogP contribution is 2.28. The number of amides is 2. The van der Waals surface area contributed by atoms with Crippen LogP contribution in [0.4, 0.5) is 0 Å². The van der Waals surface area contributed by atoms with Gasteiger partial charge in [0.05, 0.1) is 22.7 Å². The number of aryl methyl sites for hydroxylation is 1. The van der Waals surface area contributed by atoms with Gasteiger partial charge in [-0.3, -0.25) is 20.4 Å². The second-order valence-corrected chi connectivity index (χ2v) is 8.90. The number of nitrogens with zero attached hydrogens (tertiary/aromatic N) is 2. The molecule has 4 aromatic rings. The van der Waals surface area contributed by atoms with E-state index in [-0.39, 0.29) is 18.2 Å². The Balaban J connectivity index is 1.35. The van der Waals surface area contributed by atoms with E-state index in [1.54, 1.807) is 18.3 Å². The van der Waals surface area contributed by atoms with Gasteiger partial charge in [0.25, 0.3) is 5.91 Å². The number of thiazole rings is 2. The molecule has 0 spiro atoms. The van der Waals surface area contributed by atoms with Crippen molar-refractivity contribution < 1.29 is 9.59 Å². The molecule has 9 heteroatoms. The van der Waals surface area contributed by atoms with Gasteiger partial charge in [0.15, 0.2) is 0 Å². The average molecular weight is 441 g/mol. The fourth-order valence-electron chi connectivity index (χ4n) is 2.60. The molecule has 0 unspecified atom stereocenters. The molecular formula is C20H16N4O2S3. The summed E-state index contributed by atoms with van der Waals surface area (Å²) < 4.78 is 0. The van der Waals surface area contributed by atoms with Gasteiger partial charge in [-0.25, -0.2) is 9.97 Å². The fraction of sp³-hybridized carbons (Fsp3) is 0.100. The van der Waals surface area contributed by atoms with E-state index >= 15 is 0 Å². The lowest BCUT2D eigenvalue weighted by atomic mass is 10.2. The molecule has 0 atom stereocenters. The van der Waals surface area contributed by atoms with Crippen molar-refractivity contribution in [2.45, 2.75) is 13.3 Å². The van der Waals surface area contributed by atoms with Gasteiger partial charge >= 0.3 is 0 Å². The summed E-state index contributed by atoms with van der Waals surface area (Å²) in [6, 6.07) is 13.6. The minimum atomic E-state index is -0.381. The number of nitrogens with one attached hydrogen (secondary N) is 2. The summed E-state index contributed by atoms with van der Waals surface area (Å²) in [7, 11) is 0. The van der Waals surface area contributed by atoms with Crippen LogP contribution < -0.4 is 10.9 Å². The monoisotopic (exact) mass is 440 g/mol. The molecule has 0 saturated carbocycles. The second kappa shape index (κ2) is 8.64. The summed E-state index contributed by atoms with van der Waals surface area (Å²) in [6.45, 7) is 1.78. The molecule has 0 aliphatic heterocycles. The molecule has 2 amide bonds. The summed E-state index contributed by atoms with van der Waals surface area (Å²) in [5.41, 5.74) is 7.18. The standard InChI is InChI=1S/C20H16N4O2S3/c1-12-17(29-19(21-12)13-6-3-2-4-7-13)18(26)24-23-16(25)10-14-11-28-20(22-14)15-8-5-9-27-15/h2-9,11H,10H2,1H3,(H,23,25)(H,24,26). The minimum absolute atomic E-state index is 0.0963. The molecule has 29 heavy (non-hydrogen) atoms. The van der Waals surface area contributed by atoms with Crippen LogP contribution in [0.15, 0.2) is 53.2 Å². The molecule has 146 valence electrons. The number of thiophene rings is 1. The van der Waals surface area contributed by atoms with Gasteiger partial charge in [0, 0.05) is 10.9 Å². The highest BCUT2D eigenvalue weighted by atomic mass is 32.1. The quantitative estimate of drug-likeness (QED) is 0.453. The van der Waals surface area contributed by atoms with Crippen molar-refractivity contribution in [1.82, 2.24) is 20.8 Å². The number of hydrogen-bond donors (Lipinski definition) is 2. The number of carbonyl (C=O) groups is 2. The van der Waals surface area contributed by atoms with E-state index in [2.05, 4.69) is 20.8 Å². The summed E-state index contributed by atoms with van der Waals surface area (Å²) in [6.07, 6.45) is 0.0963. The Kier molecular flexibility index (Phi) is 5.79. The average Bonchev–Trinajstić information content (AvgIpc) is 3.47. The summed E-state index contributed by atoms with van der Waals surface area (Å²) in [5, 5.41) is 5.50. The lowest BCUT2D eigenvalue weighted by Crippen LogP contribution is -2.42. The van der Waals surface area contributed by atoms with Gasteiger partial charge in [-0.05, 0) is 18.4 Å². The molecule has 0 fully saturated rings. The zero-order valence-electron chi connectivity index (χ0n) is 15.3. The fourth-order valence-corrected chi connectivity index (χ4v) is 5.21. The van der Waals surface area contributed by atoms with E-state index in [4.69, 9.17) is 0 Å². The maximum absolute atomic E-state index is 12.5. The van der Waals surface area contributed by atoms with Gasteiger partial charge < -0.3 is 0 Å². The van der Waals surface area contributed by atoms with Crippen LogP contribution >= 0.6 is 34.0 Å². The van der Waals surface area contributed by atoms with Crippen LogP contribution in [0.1, 0.15) is 21.1 Å². The number of aromatic nitrogens is 2. The first-order valence-electron chi connectivity index (χ1n) is 8.70. The Bertz CT molecular complexity index is 1130. The van der Waals surface area contributed by atoms with E-state index in [9.17, 15) is 9.59 Å². The maximum atomic E-state index is 12.5. The Morgan fingerprint density at radius 2 is 1.79 bits per heavy atom. The molecule has 2 N–H and O–H groups in total. The number of rotatable bonds is 5. The van der Waals surface area contributed by atoms with Crippen LogP contribution in [-0.4, -0.2) is 21.8 Å². The Labute approximate surface area is 179 Å². The summed E-state index contributed by atoms with van der Waals surface area (Å²) >= 11 is 4.40. The van der Waals surface area contributed by atoms with E-state index < -0.39 is 0 Å². The molecule has 4 rings (SSSR count). The van der Waals surface area contributed by atoms with E-state index in [0.717, 1.165) is 20.5 Å². The molecule has 6 nitrogen and oxygen atoms in total. The second-order valence-electron chi connectivity index (χ2n) is 6.10. The Hall–Kier alpha value is -2.88. The largest absolute Gasteiger partial charge is 0.281 e. The normalized spacial score (nSPS) is 10.7. The Morgan fingerprint density at radius 3 is 2.55 bits per heavy atom. The molecule has 0 bridgehead atoms. The van der Waals surface area contributed by atoms with E-state index in [1.807, 2.05) is 53.2 Å². The predicted molar refractivity (Wildman–Crippen MR) is 117 cm³/mol. The highest BCUT2D eigenvalue weighted by Gasteiger charge is 2.17. The maximum Gasteiger partial charge on any atom is 0.281 e. The van der Waals surface area contributed by atoms with Gasteiger partial charge in [-0.1, -0.05) is 36.4 Å². The van der Waals surface area contributed by atoms with Crippen LogP contribution in [0.5, 0.6) is 0 Å². The molecule has 0 saturated heterocycles. The third kappa shape index (κ3) is 4.58. The lowest BCUT2D eigenvalue weighted by molar-refractivity contribution is -0.121. The third-order valence-corrected chi connectivity index (χ3v) is 7.10. The predicted octanol–water partition coefficient (Wildman–Crippen LogP) is 4.31. The summed E-state index contributed by atoms with van der Waals surface area (Å²) in [5.74, 6) is -0.708. The minimum Gasteiger partial charge on any atom is -0.273 e. The SMILES string of the molecule is Cc1nc(-c2ccccc2)sc1C(=O)NNC(=O)Cc1csc(-c2cccs2)n1. The number of hydrogen-bond acceptors (Lipinski definition) is 7. The molecular weight excluding hydrogens is 424 g/mol. The molecule has 0 radical (unpaired) electrons. The first kappa shape index (κ1) is 19.4. The smallest absolute Gasteiger partial charge is 0.273 e. The highest BCUT2D eigenvalue weighted by molar-refractivity contribution is 7.20. The zero-order chi connectivity index (χ0) is 20.2. The third-order valence-electron chi connectivity index (χ3n) is 3.96. The van der Waals surface area contributed by atoms with Crippen molar-refractivity contribution in [3.8, 4) is 20.5 Å². The summed E-state index contributed by atoms with van der Waals surface area (Å²) in [4.78, 5) is 35.1. The van der Waals surface area contributed by atoms with Crippen molar-refractivity contribution >= 4 is 45.8 Å². The van der Waals surface area contributed by atoms with Crippen molar-refractivity contribution in [3.63, 3.8) is 0 Å². The van der Waals surface area contributed by atoms with Crippen molar-refractivity contribution in [3.05, 3.63) is 69.5 Å². The van der Waals surface area contributed by atoms with Gasteiger partial charge in [-0.2, -0.15) is 0 Å². The van der Waals surface area contributed by atoms with Crippen LogP contribution in [0.3, 0.4) is 0 Å². The topological polar surface area (TPSA) is 84.0 Å². The first-order chi connectivity index (χ1) is 14.1. The van der Waals surface area contributed by atoms with Crippen LogP contribution in [0, 0.1) is 6.92 Å². The van der Waals surface area contributed by atoms with E-state index in [0.29, 0.717) is 16.3 Å². The van der Waals surface area contributed by atoms with Gasteiger partial charge in [0.2, 0.25) is 5.91 Å². The number of benzene rings is 1. The molecule has 0 aliphatic rings. The first-order valence-corrected chi connectivity index (χ1v) is 11.3. The molecule has 1 aromatic carbocycles. The molecule has 0 aliphatic carbocycles. The van der Waals surface area contributed by atoms with Gasteiger partial charge in [-0.15, -0.1) is 34.0 Å². The van der Waals surface area contributed by atoms with Gasteiger partial charge in [0.1, 0.15) is 14.9 Å².